The highest BCUT2D eigenvalue weighted by atomic mass is 16.3. The lowest BCUT2D eigenvalue weighted by Crippen LogP contribution is -2.33. The SMILES string of the molecule is OC1[C@@H]2CCC[C@H]1N=N2. The summed E-state index contributed by atoms with van der Waals surface area (Å²) in [6.45, 7) is 0. The molecule has 1 unspecified atom stereocenters. The Morgan fingerprint density at radius 2 is 1.67 bits per heavy atom. The molecule has 0 aromatic heterocycles. The molecule has 0 aromatic carbocycles. The highest BCUT2D eigenvalue weighted by Gasteiger charge is 2.36. The summed E-state index contributed by atoms with van der Waals surface area (Å²) >= 11 is 0. The van der Waals surface area contributed by atoms with Crippen LogP contribution in [0, 0.1) is 0 Å². The van der Waals surface area contributed by atoms with E-state index in [9.17, 15) is 5.11 Å². The molecule has 1 saturated carbocycles. The Morgan fingerprint density at radius 1 is 1.11 bits per heavy atom. The van der Waals surface area contributed by atoms with Gasteiger partial charge in [0.25, 0.3) is 0 Å². The molecule has 0 aromatic rings. The number of nitrogens with zero attached hydrogens (tertiary/aromatic N) is 2. The van der Waals surface area contributed by atoms with Gasteiger partial charge in [-0.3, -0.25) is 0 Å². The highest BCUT2D eigenvalue weighted by Crippen LogP contribution is 2.29. The van der Waals surface area contributed by atoms with E-state index < -0.39 is 0 Å². The number of hydrogen-bond donors (Lipinski definition) is 1. The predicted octanol–water partition coefficient (Wildman–Crippen LogP) is 0.734. The van der Waals surface area contributed by atoms with Gasteiger partial charge in [-0.2, -0.15) is 10.2 Å². The van der Waals surface area contributed by atoms with Crippen molar-refractivity contribution in [3.63, 3.8) is 0 Å². The van der Waals surface area contributed by atoms with E-state index >= 15 is 0 Å². The zero-order chi connectivity index (χ0) is 6.27. The van der Waals surface area contributed by atoms with E-state index in [1.54, 1.807) is 0 Å². The summed E-state index contributed by atoms with van der Waals surface area (Å²) in [5.74, 6) is 0. The van der Waals surface area contributed by atoms with Gasteiger partial charge in [0.05, 0.1) is 12.1 Å². The molecule has 1 fully saturated rings. The van der Waals surface area contributed by atoms with Crippen molar-refractivity contribution in [3.8, 4) is 0 Å². The van der Waals surface area contributed by atoms with Crippen molar-refractivity contribution in [2.75, 3.05) is 0 Å². The van der Waals surface area contributed by atoms with Crippen LogP contribution in [0.25, 0.3) is 0 Å². The van der Waals surface area contributed by atoms with Crippen LogP contribution in [0.5, 0.6) is 0 Å². The predicted molar refractivity (Wildman–Crippen MR) is 32.3 cm³/mol. The van der Waals surface area contributed by atoms with Gasteiger partial charge in [-0.1, -0.05) is 0 Å². The minimum Gasteiger partial charge on any atom is -0.389 e. The van der Waals surface area contributed by atoms with Crippen molar-refractivity contribution < 1.29 is 5.11 Å². The summed E-state index contributed by atoms with van der Waals surface area (Å²) in [5.41, 5.74) is 0. The van der Waals surface area contributed by atoms with Gasteiger partial charge in [0.15, 0.2) is 0 Å². The van der Waals surface area contributed by atoms with Crippen molar-refractivity contribution in [1.29, 1.82) is 0 Å². The van der Waals surface area contributed by atoms with E-state index in [0.717, 1.165) is 12.8 Å². The van der Waals surface area contributed by atoms with E-state index in [1.165, 1.54) is 6.42 Å². The molecule has 1 heterocycles. The molecule has 9 heavy (non-hydrogen) atoms. The van der Waals surface area contributed by atoms with Crippen molar-refractivity contribution in [2.24, 2.45) is 10.2 Å². The molecule has 0 radical (unpaired) electrons. The molecule has 3 atom stereocenters. The van der Waals surface area contributed by atoms with Gasteiger partial charge in [0.2, 0.25) is 0 Å². The van der Waals surface area contributed by atoms with E-state index in [-0.39, 0.29) is 18.2 Å². The number of fused-ring (bicyclic) bond motifs is 2. The van der Waals surface area contributed by atoms with Crippen molar-refractivity contribution in [1.82, 2.24) is 0 Å². The first-order valence-corrected chi connectivity index (χ1v) is 3.46. The standard InChI is InChI=1S/C6H10N2O/c9-6-4-2-1-3-5(6)8-7-4/h4-6,9H,1-3H2/t4-,5+,6?. The summed E-state index contributed by atoms with van der Waals surface area (Å²) in [5, 5.41) is 17.2. The molecule has 3 heteroatoms. The maximum absolute atomic E-state index is 9.32. The normalized spacial score (nSPS) is 47.9. The Bertz CT molecular complexity index is 132. The summed E-state index contributed by atoms with van der Waals surface area (Å²) in [6, 6.07) is 0.285. The van der Waals surface area contributed by atoms with Crippen LogP contribution in [-0.2, 0) is 0 Å². The number of aliphatic hydroxyl groups excluding tert-OH is 1. The fraction of sp³-hybridized carbons (Fsp3) is 1.00. The molecular weight excluding hydrogens is 116 g/mol. The monoisotopic (exact) mass is 126 g/mol. The largest absolute Gasteiger partial charge is 0.389 e. The quantitative estimate of drug-likeness (QED) is 0.511. The van der Waals surface area contributed by atoms with Gasteiger partial charge in [-0.05, 0) is 19.3 Å². The zero-order valence-corrected chi connectivity index (χ0v) is 5.20. The Balaban J connectivity index is 2.18. The third-order valence-electron chi connectivity index (χ3n) is 2.15. The van der Waals surface area contributed by atoms with Gasteiger partial charge in [-0.25, -0.2) is 0 Å². The molecule has 1 N–H and O–H groups in total. The Kier molecular flexibility index (Phi) is 1.05. The first-order valence-electron chi connectivity index (χ1n) is 3.46. The van der Waals surface area contributed by atoms with Gasteiger partial charge < -0.3 is 5.11 Å². The molecule has 0 saturated heterocycles. The lowest BCUT2D eigenvalue weighted by molar-refractivity contribution is 0.112. The first kappa shape index (κ1) is 5.35. The second-order valence-electron chi connectivity index (χ2n) is 2.79. The third kappa shape index (κ3) is 0.678. The number of rotatable bonds is 0. The maximum Gasteiger partial charge on any atom is 0.102 e. The van der Waals surface area contributed by atoms with Crippen LogP contribution >= 0.6 is 0 Å². The molecule has 0 amide bonds. The Hall–Kier alpha value is -0.440. The van der Waals surface area contributed by atoms with Crippen LogP contribution in [0.3, 0.4) is 0 Å². The van der Waals surface area contributed by atoms with Crippen molar-refractivity contribution >= 4 is 0 Å². The highest BCUT2D eigenvalue weighted by molar-refractivity contribution is 4.94. The third-order valence-corrected chi connectivity index (χ3v) is 2.15. The number of hydrogen-bond acceptors (Lipinski definition) is 3. The fourth-order valence-corrected chi connectivity index (χ4v) is 1.56. The van der Waals surface area contributed by atoms with E-state index in [0.29, 0.717) is 0 Å². The molecule has 50 valence electrons. The van der Waals surface area contributed by atoms with Gasteiger partial charge in [0.1, 0.15) is 6.10 Å². The van der Waals surface area contributed by atoms with E-state index in [4.69, 9.17) is 0 Å². The first-order chi connectivity index (χ1) is 4.38. The minimum absolute atomic E-state index is 0.142. The molecule has 3 nitrogen and oxygen atoms in total. The van der Waals surface area contributed by atoms with Crippen molar-refractivity contribution in [2.45, 2.75) is 37.5 Å². The molecule has 2 rings (SSSR count). The van der Waals surface area contributed by atoms with Crippen LogP contribution in [0.4, 0.5) is 0 Å². The molecule has 1 aliphatic heterocycles. The van der Waals surface area contributed by atoms with Crippen LogP contribution in [-0.4, -0.2) is 23.3 Å². The lowest BCUT2D eigenvalue weighted by Gasteiger charge is -2.20. The average Bonchev–Trinajstić information content (AvgIpc) is 2.19. The average molecular weight is 126 g/mol. The molecule has 2 bridgehead atoms. The summed E-state index contributed by atoms with van der Waals surface area (Å²) in [7, 11) is 0. The fourth-order valence-electron chi connectivity index (χ4n) is 1.56. The molecule has 2 aliphatic rings. The van der Waals surface area contributed by atoms with Crippen LogP contribution in [0.2, 0.25) is 0 Å². The smallest absolute Gasteiger partial charge is 0.102 e. The number of azo groups is 1. The number of aliphatic hydroxyl groups is 1. The summed E-state index contributed by atoms with van der Waals surface area (Å²) < 4.78 is 0. The van der Waals surface area contributed by atoms with Gasteiger partial charge in [-0.15, -0.1) is 0 Å². The Morgan fingerprint density at radius 3 is 2.11 bits per heavy atom. The minimum atomic E-state index is -0.251. The lowest BCUT2D eigenvalue weighted by atomic mass is 9.91. The van der Waals surface area contributed by atoms with Crippen LogP contribution in [0.1, 0.15) is 19.3 Å². The zero-order valence-electron chi connectivity index (χ0n) is 5.20. The molecular formula is C6H10N2O. The van der Waals surface area contributed by atoms with Crippen LogP contribution < -0.4 is 0 Å². The van der Waals surface area contributed by atoms with E-state index in [1.807, 2.05) is 0 Å². The van der Waals surface area contributed by atoms with E-state index in [2.05, 4.69) is 10.2 Å². The summed E-state index contributed by atoms with van der Waals surface area (Å²) in [4.78, 5) is 0. The second-order valence-corrected chi connectivity index (χ2v) is 2.79. The van der Waals surface area contributed by atoms with Gasteiger partial charge in [0, 0.05) is 0 Å². The molecule has 1 aliphatic carbocycles. The van der Waals surface area contributed by atoms with Crippen molar-refractivity contribution in [3.05, 3.63) is 0 Å². The summed E-state index contributed by atoms with van der Waals surface area (Å²) in [6.07, 6.45) is 2.99. The maximum atomic E-state index is 9.32. The second kappa shape index (κ2) is 1.77. The Labute approximate surface area is 53.8 Å². The van der Waals surface area contributed by atoms with Crippen LogP contribution in [0.15, 0.2) is 10.2 Å². The topological polar surface area (TPSA) is 45.0 Å². The molecule has 0 spiro atoms. The van der Waals surface area contributed by atoms with Gasteiger partial charge >= 0.3 is 0 Å².